The largest absolute Gasteiger partial charge is 0.455 e. The first-order valence-corrected chi connectivity index (χ1v) is 50.6. The van der Waals surface area contributed by atoms with Crippen LogP contribution in [-0.2, 0) is 10.8 Å². The number of fused-ring (bicyclic) bond motifs is 30. The highest BCUT2D eigenvalue weighted by atomic mass is 16.3. The molecule has 6 nitrogen and oxygen atoms in total. The van der Waals surface area contributed by atoms with Crippen LogP contribution in [0.25, 0.3) is 205 Å². The fourth-order valence-electron chi connectivity index (χ4n) is 26.3. The second-order valence-corrected chi connectivity index (χ2v) is 39.4. The second kappa shape index (κ2) is 31.7. The van der Waals surface area contributed by atoms with Gasteiger partial charge < -0.3 is 27.9 Å². The molecular weight excluding hydrogens is 1770 g/mol. The third-order valence-electron chi connectivity index (χ3n) is 32.2. The van der Waals surface area contributed by atoms with Crippen molar-refractivity contribution in [1.29, 1.82) is 0 Å². The van der Waals surface area contributed by atoms with Crippen molar-refractivity contribution in [3.8, 4) is 117 Å². The summed E-state index contributed by atoms with van der Waals surface area (Å²) in [6.45, 7) is 0. The van der Waals surface area contributed by atoms with Crippen LogP contribution >= 0.6 is 0 Å². The van der Waals surface area contributed by atoms with Crippen LogP contribution in [0.4, 0.5) is 34.1 Å². The first-order chi connectivity index (χ1) is 72.5. The van der Waals surface area contributed by atoms with Crippen molar-refractivity contribution >= 4 is 121 Å². The Morgan fingerprint density at radius 3 is 1.15 bits per heavy atom. The molecule has 2 unspecified atom stereocenters. The van der Waals surface area contributed by atoms with Crippen molar-refractivity contribution in [2.24, 2.45) is 0 Å². The lowest BCUT2D eigenvalue weighted by Crippen LogP contribution is -2.33. The van der Waals surface area contributed by atoms with Crippen molar-refractivity contribution in [3.63, 3.8) is 0 Å². The van der Waals surface area contributed by atoms with E-state index in [1.165, 1.54) is 143 Å². The molecule has 0 radical (unpaired) electrons. The molecule has 2 aliphatic carbocycles. The van der Waals surface area contributed by atoms with Crippen molar-refractivity contribution in [1.82, 2.24) is 13.7 Å². The molecule has 31 rings (SSSR count). The van der Waals surface area contributed by atoms with Crippen molar-refractivity contribution < 1.29 is 4.42 Å². The highest BCUT2D eigenvalue weighted by molar-refractivity contribution is 6.21. The Hall–Kier alpha value is -19.1. The molecule has 27 aromatic rings. The van der Waals surface area contributed by atoms with E-state index in [0.29, 0.717) is 0 Å². The zero-order chi connectivity index (χ0) is 95.6. The Labute approximate surface area is 843 Å². The number of nitrogens with zero attached hydrogens (tertiary/aromatic N) is 5. The molecule has 23 aromatic carbocycles. The molecule has 0 saturated heterocycles. The fourth-order valence-corrected chi connectivity index (χ4v) is 26.3. The van der Waals surface area contributed by atoms with Crippen LogP contribution in [0, 0.1) is 0 Å². The van der Waals surface area contributed by atoms with Crippen molar-refractivity contribution in [3.05, 3.63) is 572 Å². The first kappa shape index (κ1) is 81.7. The molecule has 678 valence electrons. The molecule has 0 N–H and O–H groups in total. The number of para-hydroxylation sites is 10. The number of rotatable bonds is 14. The minimum absolute atomic E-state index is 0.663. The maximum Gasteiger partial charge on any atom is 0.143 e. The number of benzene rings is 23. The van der Waals surface area contributed by atoms with Crippen LogP contribution in [0.3, 0.4) is 0 Å². The highest BCUT2D eigenvalue weighted by Crippen LogP contribution is 2.67. The normalized spacial score (nSPS) is 14.4. The highest BCUT2D eigenvalue weighted by Gasteiger charge is 2.54. The Balaban J connectivity index is 0.542. The van der Waals surface area contributed by atoms with Gasteiger partial charge in [-0.15, -0.1) is 0 Å². The zero-order valence-corrected chi connectivity index (χ0v) is 79.4. The predicted molar refractivity (Wildman–Crippen MR) is 606 cm³/mol. The average Bonchev–Trinajstić information content (AvgIpc) is 1.50. The van der Waals surface area contributed by atoms with Crippen LogP contribution in [0.15, 0.2) is 532 Å². The molecule has 2 atom stereocenters. The van der Waals surface area contributed by atoms with E-state index in [1.54, 1.807) is 0 Å². The summed E-state index contributed by atoms with van der Waals surface area (Å²) in [7, 11) is 0. The molecule has 0 saturated carbocycles. The van der Waals surface area contributed by atoms with Gasteiger partial charge in [0.1, 0.15) is 11.2 Å². The third-order valence-corrected chi connectivity index (χ3v) is 32.2. The summed E-state index contributed by atoms with van der Waals surface area (Å²) in [5, 5.41) is 9.49. The van der Waals surface area contributed by atoms with E-state index in [0.717, 1.165) is 140 Å². The zero-order valence-electron chi connectivity index (χ0n) is 79.4. The lowest BCUT2D eigenvalue weighted by Gasteiger charge is -2.39. The lowest BCUT2D eigenvalue weighted by atomic mass is 9.65. The van der Waals surface area contributed by atoms with Crippen LogP contribution in [0.5, 0.6) is 0 Å². The van der Waals surface area contributed by atoms with Gasteiger partial charge >= 0.3 is 0 Å². The molecule has 6 heterocycles. The summed E-state index contributed by atoms with van der Waals surface area (Å²) >= 11 is 0. The molecule has 0 amide bonds. The molecule has 2 spiro atoms. The van der Waals surface area contributed by atoms with Gasteiger partial charge in [0.2, 0.25) is 0 Å². The minimum Gasteiger partial charge on any atom is -0.455 e. The fraction of sp³-hybridized carbons (Fsp3) is 0.0143. The standard InChI is InChI=1S/C140H87N5O/c1-4-34-88(35-5-1)92-38-26-40-95(84-92)101-44-12-20-63-122(101)141(99-78-72-90(73-79-99)94-76-82-107-105-46-14-22-65-124(105)143(131(107)87-94)98-42-8-3-9-43-98)129-70-33-60-119-135(129)111-49-11-17-56-115(111)140(119)117-58-19-25-68-127(117)145-128-69-31-50-103(133(128)112-54-30-62-121(140)137(112)145)97-77-83-132-113(86-97)109-53-28-51-104(138(109)146-132)91-74-80-100(81-75-91)142(123-64-21-13-45-102(123)96-41-27-39-93(85-96)89-36-6-2-7-37-89)130-71-32-59-118-134(130)110-48-10-16-55-114(110)139(118)116-57-18-24-67-126(116)144-125-66-23-15-47-106(125)108-52-29-61-120(139)136(108)144/h1-87H. The second-order valence-electron chi connectivity index (χ2n) is 39.4. The number of hydrogen-bond donors (Lipinski definition) is 0. The van der Waals surface area contributed by atoms with Gasteiger partial charge in [-0.05, 0) is 238 Å². The molecule has 146 heavy (non-hydrogen) atoms. The molecule has 4 aliphatic rings. The third kappa shape index (κ3) is 11.6. The monoisotopic (exact) mass is 1850 g/mol. The van der Waals surface area contributed by atoms with Crippen molar-refractivity contribution in [2.75, 3.05) is 9.80 Å². The van der Waals surface area contributed by atoms with E-state index in [-0.39, 0.29) is 0 Å². The van der Waals surface area contributed by atoms with Gasteiger partial charge in [0, 0.05) is 88.0 Å². The number of aromatic nitrogens is 3. The molecule has 0 fully saturated rings. The number of furan rings is 1. The topological polar surface area (TPSA) is 34.4 Å². The van der Waals surface area contributed by atoms with Gasteiger partial charge in [-0.25, -0.2) is 0 Å². The van der Waals surface area contributed by atoms with E-state index in [4.69, 9.17) is 4.42 Å². The summed E-state index contributed by atoms with van der Waals surface area (Å²) in [6.07, 6.45) is 0. The Morgan fingerprint density at radius 1 is 0.185 bits per heavy atom. The lowest BCUT2D eigenvalue weighted by molar-refractivity contribution is 0.670. The molecular formula is C140H87N5O. The summed E-state index contributed by atoms with van der Waals surface area (Å²) in [6, 6.07) is 198. The Kier molecular flexibility index (Phi) is 17.7. The predicted octanol–water partition coefficient (Wildman–Crippen LogP) is 36.8. The average molecular weight is 1860 g/mol. The van der Waals surface area contributed by atoms with E-state index >= 15 is 0 Å². The van der Waals surface area contributed by atoms with Gasteiger partial charge in [-0.2, -0.15) is 0 Å². The van der Waals surface area contributed by atoms with Crippen molar-refractivity contribution in [2.45, 2.75) is 10.8 Å². The van der Waals surface area contributed by atoms with E-state index in [2.05, 4.69) is 551 Å². The summed E-state index contributed by atoms with van der Waals surface area (Å²) < 4.78 is 14.8. The molecule has 6 heteroatoms. The maximum absolute atomic E-state index is 7.28. The van der Waals surface area contributed by atoms with Gasteiger partial charge in [0.05, 0.1) is 78.1 Å². The van der Waals surface area contributed by atoms with Gasteiger partial charge in [0.15, 0.2) is 0 Å². The van der Waals surface area contributed by atoms with Crippen LogP contribution in [-0.4, -0.2) is 13.7 Å². The number of hydrogen-bond acceptors (Lipinski definition) is 3. The SMILES string of the molecule is c1ccc(-c2cccc(-c3ccccc3N(c3ccc(-c4cccc5c4oc4ccc(-c6cccc7c6c6cccc8c6n7-c6ccccc6C86c7ccccc7-c7c(N(c8ccc(-c9ccc%10c%11ccccc%11n(-c%11ccccc%11)c%10c9)cc8)c8ccccc8-c8cccc(-c9ccccc9)c8)cccc76)cc45)cc3)c3cccc4c3-c3ccccc3C43c4ccccc4-n4c5ccccc5c5cccc3c54)c2)cc1. The first-order valence-electron chi connectivity index (χ1n) is 50.6. The van der Waals surface area contributed by atoms with Gasteiger partial charge in [-0.3, -0.25) is 0 Å². The smallest absolute Gasteiger partial charge is 0.143 e. The molecule has 2 aliphatic heterocycles. The summed E-state index contributed by atoms with van der Waals surface area (Å²) in [5.41, 5.74) is 48.0. The summed E-state index contributed by atoms with van der Waals surface area (Å²) in [4.78, 5) is 5.09. The van der Waals surface area contributed by atoms with E-state index < -0.39 is 10.8 Å². The van der Waals surface area contributed by atoms with E-state index in [9.17, 15) is 0 Å². The maximum atomic E-state index is 7.28. The quantitative estimate of drug-likeness (QED) is 0.109. The summed E-state index contributed by atoms with van der Waals surface area (Å²) in [5.74, 6) is 0. The van der Waals surface area contributed by atoms with Gasteiger partial charge in [-0.1, -0.05) is 406 Å². The molecule has 4 aromatic heterocycles. The number of anilines is 6. The van der Waals surface area contributed by atoms with Crippen LogP contribution in [0.2, 0.25) is 0 Å². The van der Waals surface area contributed by atoms with Crippen LogP contribution < -0.4 is 9.80 Å². The Morgan fingerprint density at radius 2 is 0.548 bits per heavy atom. The minimum atomic E-state index is -0.765. The molecule has 0 bridgehead atoms. The Bertz CT molecular complexity index is 10200. The van der Waals surface area contributed by atoms with Gasteiger partial charge in [0.25, 0.3) is 0 Å². The van der Waals surface area contributed by atoms with Crippen LogP contribution in [0.1, 0.15) is 44.5 Å². The van der Waals surface area contributed by atoms with E-state index in [1.807, 2.05) is 0 Å².